The second kappa shape index (κ2) is 16.1. The molecule has 0 radical (unpaired) electrons. The third-order valence-electron chi connectivity index (χ3n) is 15.3. The number of rotatable bonds is 12. The van der Waals surface area contributed by atoms with Crippen LogP contribution in [-0.4, -0.2) is 65.7 Å². The average molecular weight is 931 g/mol. The van der Waals surface area contributed by atoms with Crippen molar-refractivity contribution in [2.45, 2.75) is 63.2 Å². The van der Waals surface area contributed by atoms with Crippen molar-refractivity contribution in [1.82, 2.24) is 15.0 Å². The van der Waals surface area contributed by atoms with Gasteiger partial charge in [-0.25, -0.2) is 0 Å². The van der Waals surface area contributed by atoms with Crippen LogP contribution < -0.4 is 24.6 Å². The van der Waals surface area contributed by atoms with Gasteiger partial charge in [0, 0.05) is 59.4 Å². The summed E-state index contributed by atoms with van der Waals surface area (Å²) < 4.78 is 15.0. The van der Waals surface area contributed by atoms with Crippen LogP contribution in [0.4, 0.5) is 28.4 Å². The van der Waals surface area contributed by atoms with Gasteiger partial charge in [-0.2, -0.15) is 0 Å². The first-order valence-corrected chi connectivity index (χ1v) is 26.7. The maximum absolute atomic E-state index is 16.1. The lowest BCUT2D eigenvalue weighted by Crippen LogP contribution is -2.51. The number of fused-ring (bicyclic) bond motifs is 2. The maximum atomic E-state index is 16.1. The summed E-state index contributed by atoms with van der Waals surface area (Å²) in [5, 5.41) is 23.3. The number of aromatic nitrogens is 3. The fraction of sp³-hybridized carbons (Fsp3) is 0.232. The van der Waals surface area contributed by atoms with Crippen LogP contribution in [-0.2, 0) is 34.6 Å². The highest BCUT2D eigenvalue weighted by molar-refractivity contribution is 6.91. The number of carbonyl (C=O) groups excluding carboxylic acids is 3. The number of hydrogen-bond acceptors (Lipinski definition) is 8. The van der Waals surface area contributed by atoms with Crippen LogP contribution in [0.15, 0.2) is 146 Å². The van der Waals surface area contributed by atoms with Crippen LogP contribution in [0, 0.1) is 5.92 Å². The molecule has 0 aliphatic carbocycles. The predicted molar refractivity (Wildman–Crippen MR) is 270 cm³/mol. The first kappa shape index (κ1) is 42.9. The molecular formula is C56H50N6O6Si. The Morgan fingerprint density at radius 3 is 2.00 bits per heavy atom. The van der Waals surface area contributed by atoms with Gasteiger partial charge in [0.05, 0.1) is 61.7 Å². The number of ether oxygens (including phenoxy) is 2. The molecule has 1 fully saturated rings. The summed E-state index contributed by atoms with van der Waals surface area (Å²) in [7, 11) is -0.861. The highest BCUT2D eigenvalue weighted by Gasteiger charge is 2.66. The minimum Gasteiger partial charge on any atom is -0.497 e. The quantitative estimate of drug-likeness (QED) is 0.120. The van der Waals surface area contributed by atoms with E-state index in [9.17, 15) is 14.7 Å². The Morgan fingerprint density at radius 2 is 1.36 bits per heavy atom. The summed E-state index contributed by atoms with van der Waals surface area (Å²) in [4.78, 5) is 50.1. The number of hydrogen-bond donors (Lipinski definition) is 1. The molecule has 4 atom stereocenters. The Balaban J connectivity index is 0.978. The van der Waals surface area contributed by atoms with Crippen molar-refractivity contribution in [1.29, 1.82) is 0 Å². The van der Waals surface area contributed by atoms with Gasteiger partial charge in [-0.05, 0) is 95.0 Å². The van der Waals surface area contributed by atoms with E-state index in [0.717, 1.165) is 49.8 Å². The Labute approximate surface area is 400 Å². The molecule has 69 heavy (non-hydrogen) atoms. The molecule has 3 amide bonds. The van der Waals surface area contributed by atoms with Crippen molar-refractivity contribution in [3.8, 4) is 5.75 Å². The van der Waals surface area contributed by atoms with Crippen LogP contribution in [0.25, 0.3) is 21.5 Å². The monoisotopic (exact) mass is 930 g/mol. The van der Waals surface area contributed by atoms with E-state index in [1.165, 1.54) is 5.19 Å². The average Bonchev–Trinajstić information content (AvgIpc) is 4.15. The molecule has 5 heterocycles. The zero-order chi connectivity index (χ0) is 47.3. The molecule has 1 saturated heterocycles. The lowest BCUT2D eigenvalue weighted by Gasteiger charge is -2.37. The van der Waals surface area contributed by atoms with E-state index >= 15 is 4.79 Å². The molecule has 1 aromatic heterocycles. The van der Waals surface area contributed by atoms with E-state index in [2.05, 4.69) is 42.5 Å². The molecule has 344 valence electrons. The Morgan fingerprint density at radius 1 is 0.739 bits per heavy atom. The fourth-order valence-electron chi connectivity index (χ4n) is 12.1. The summed E-state index contributed by atoms with van der Waals surface area (Å²) in [6.45, 7) is 7.57. The molecule has 12 nitrogen and oxygen atoms in total. The first-order valence-electron chi connectivity index (χ1n) is 23.6. The van der Waals surface area contributed by atoms with Gasteiger partial charge >= 0.3 is 0 Å². The maximum Gasteiger partial charge on any atom is 0.264 e. The molecule has 0 saturated carbocycles. The van der Waals surface area contributed by atoms with Gasteiger partial charge in [-0.15, -0.1) is 5.10 Å². The molecule has 1 N–H and O–H groups in total. The summed E-state index contributed by atoms with van der Waals surface area (Å²) in [6.07, 6.45) is 2.44. The molecule has 7 aromatic carbocycles. The van der Waals surface area contributed by atoms with E-state index in [4.69, 9.17) is 9.47 Å². The third kappa shape index (κ3) is 6.44. The second-order valence-electron chi connectivity index (χ2n) is 19.3. The number of methoxy groups -OCH3 is 1. The number of aryl methyl sites for hydroxylation is 1. The van der Waals surface area contributed by atoms with E-state index in [1.54, 1.807) is 21.6 Å². The minimum atomic E-state index is -2.53. The van der Waals surface area contributed by atoms with Crippen LogP contribution in [0.5, 0.6) is 5.75 Å². The summed E-state index contributed by atoms with van der Waals surface area (Å²) in [5.41, 5.74) is 5.80. The van der Waals surface area contributed by atoms with Crippen LogP contribution in [0.3, 0.4) is 0 Å². The Kier molecular flexibility index (Phi) is 9.99. The number of nitrogens with zero attached hydrogens (tertiary/aromatic N) is 6. The molecule has 0 unspecified atom stereocenters. The highest BCUT2D eigenvalue weighted by atomic mass is 28.3. The highest BCUT2D eigenvalue weighted by Crippen LogP contribution is 2.61. The van der Waals surface area contributed by atoms with Gasteiger partial charge in [0.2, 0.25) is 0 Å². The fourth-order valence-corrected chi connectivity index (χ4v) is 16.2. The van der Waals surface area contributed by atoms with E-state index < -0.39 is 13.7 Å². The van der Waals surface area contributed by atoms with Gasteiger partial charge in [-0.3, -0.25) is 28.9 Å². The van der Waals surface area contributed by atoms with E-state index in [-0.39, 0.29) is 48.4 Å². The number of aliphatic hydroxyl groups excluding tert-OH is 1. The van der Waals surface area contributed by atoms with Crippen molar-refractivity contribution in [3.63, 3.8) is 0 Å². The molecular weight excluding hydrogens is 881 g/mol. The molecule has 12 rings (SSSR count). The Hall–Kier alpha value is -7.45. The molecule has 4 aliphatic rings. The van der Waals surface area contributed by atoms with Gasteiger partial charge < -0.3 is 19.5 Å². The van der Waals surface area contributed by atoms with Crippen molar-refractivity contribution >= 4 is 81.0 Å². The zero-order valence-corrected chi connectivity index (χ0v) is 39.8. The summed E-state index contributed by atoms with van der Waals surface area (Å²) in [5.74, 6) is 0.0702. The molecule has 0 bridgehead atoms. The topological polar surface area (TPSA) is 130 Å². The van der Waals surface area contributed by atoms with Crippen LogP contribution in [0.1, 0.15) is 50.9 Å². The molecule has 13 heteroatoms. The van der Waals surface area contributed by atoms with Crippen molar-refractivity contribution in [3.05, 3.63) is 174 Å². The minimum absolute atomic E-state index is 0.0239. The molecule has 1 spiro atoms. The van der Waals surface area contributed by atoms with Gasteiger partial charge in [-0.1, -0.05) is 103 Å². The lowest BCUT2D eigenvalue weighted by molar-refractivity contribution is -0.146. The second-order valence-corrected chi connectivity index (χ2v) is 24.0. The van der Waals surface area contributed by atoms with E-state index in [0.29, 0.717) is 53.3 Å². The van der Waals surface area contributed by atoms with Crippen molar-refractivity contribution in [2.75, 3.05) is 28.4 Å². The van der Waals surface area contributed by atoms with Gasteiger partial charge in [0.1, 0.15) is 5.75 Å². The van der Waals surface area contributed by atoms with Gasteiger partial charge in [0.25, 0.3) is 17.7 Å². The number of benzene rings is 7. The number of aliphatic hydroxyl groups is 1. The standard InChI is InChI=1S/C56H50N6O6Si/c1-34-52(69(3,4)42-23-21-41(67-2)22-24-42)49(26-28-59-33-38(27-29-63)57-58-59)68-56(34)45-31-40(62-48-19-9-14-37-12-7-17-44(51(37)48)54(62)65)20-25-46(45)60(55(56)66)32-35-10-5-15-39(30-35)61-47-18-8-13-36-11-6-16-43(50(36)47)53(61)64/h5-25,30-31,33-34,49,52,63H,26-29,32H2,1-4H3/t34-,49+,52-,56+/m0/s1. The van der Waals surface area contributed by atoms with Gasteiger partial charge in [0.15, 0.2) is 5.60 Å². The van der Waals surface area contributed by atoms with Crippen LogP contribution in [0.2, 0.25) is 18.6 Å². The smallest absolute Gasteiger partial charge is 0.264 e. The van der Waals surface area contributed by atoms with Crippen LogP contribution >= 0.6 is 0 Å². The van der Waals surface area contributed by atoms with Crippen molar-refractivity contribution < 1.29 is 29.0 Å². The summed E-state index contributed by atoms with van der Waals surface area (Å²) in [6, 6.07) is 45.7. The lowest BCUT2D eigenvalue weighted by atomic mass is 9.82. The number of carbonyl (C=O) groups is 3. The molecule has 8 aromatic rings. The largest absolute Gasteiger partial charge is 0.497 e. The SMILES string of the molecule is COc1ccc([Si](C)(C)[C@@H]2[C@@H](CCn3cc(CCO)nn3)O[C@]3(C(=O)N(Cc4cccc(N5C(=O)c6cccc7cccc5c67)c4)c4ccc(N5C(=O)c6cccc7cccc5c67)cc43)[C@H]2C)cc1. The van der Waals surface area contributed by atoms with Crippen molar-refractivity contribution in [2.24, 2.45) is 5.92 Å². The third-order valence-corrected chi connectivity index (χ3v) is 19.7. The zero-order valence-electron chi connectivity index (χ0n) is 38.8. The number of amides is 3. The molecule has 4 aliphatic heterocycles. The van der Waals surface area contributed by atoms with E-state index in [1.807, 2.05) is 138 Å². The first-order chi connectivity index (χ1) is 33.5. The predicted octanol–water partition coefficient (Wildman–Crippen LogP) is 9.56. The normalized spacial score (nSPS) is 20.4. The number of anilines is 5. The summed E-state index contributed by atoms with van der Waals surface area (Å²) >= 11 is 0. The Bertz CT molecular complexity index is 3420.